The summed E-state index contributed by atoms with van der Waals surface area (Å²) in [5.41, 5.74) is 8.64. The molecular weight excluding hydrogens is 621 g/mol. The molecule has 10 rings (SSSR count). The van der Waals surface area contributed by atoms with Gasteiger partial charge in [-0.1, -0.05) is 158 Å². The third kappa shape index (κ3) is 4.88. The van der Waals surface area contributed by atoms with Crippen LogP contribution in [0.15, 0.2) is 182 Å². The molecule has 0 aliphatic rings. The zero-order chi connectivity index (χ0) is 33.7. The molecular formula is C47H30N4. The second-order valence-electron chi connectivity index (χ2n) is 12.8. The molecule has 0 aliphatic carbocycles. The number of hydrogen-bond acceptors (Lipinski definition) is 3. The molecule has 0 spiro atoms. The number of nitrogens with zero attached hydrogens (tertiary/aromatic N) is 4. The minimum Gasteiger partial charge on any atom is -0.309 e. The minimum absolute atomic E-state index is 0.640. The Bertz CT molecular complexity index is 2890. The summed E-state index contributed by atoms with van der Waals surface area (Å²) in [7, 11) is 0. The maximum atomic E-state index is 5.15. The molecule has 0 atom stereocenters. The van der Waals surface area contributed by atoms with Crippen LogP contribution < -0.4 is 0 Å². The first kappa shape index (κ1) is 29.0. The number of para-hydroxylation sites is 1. The van der Waals surface area contributed by atoms with E-state index in [4.69, 9.17) is 15.0 Å². The largest absolute Gasteiger partial charge is 0.309 e. The van der Waals surface area contributed by atoms with Crippen molar-refractivity contribution in [1.82, 2.24) is 19.5 Å². The Balaban J connectivity index is 1.18. The molecule has 8 aromatic carbocycles. The highest BCUT2D eigenvalue weighted by Gasteiger charge is 2.19. The van der Waals surface area contributed by atoms with Crippen LogP contribution in [0.25, 0.3) is 94.3 Å². The number of hydrogen-bond donors (Lipinski definition) is 0. The van der Waals surface area contributed by atoms with Gasteiger partial charge in [0, 0.05) is 32.8 Å². The first-order valence-corrected chi connectivity index (χ1v) is 17.2. The van der Waals surface area contributed by atoms with Crippen molar-refractivity contribution in [2.75, 3.05) is 0 Å². The van der Waals surface area contributed by atoms with Crippen LogP contribution >= 0.6 is 0 Å². The van der Waals surface area contributed by atoms with Gasteiger partial charge in [0.2, 0.25) is 0 Å². The molecule has 0 bridgehead atoms. The van der Waals surface area contributed by atoms with Gasteiger partial charge < -0.3 is 4.57 Å². The van der Waals surface area contributed by atoms with Crippen LogP contribution in [-0.4, -0.2) is 19.5 Å². The second-order valence-corrected chi connectivity index (χ2v) is 12.8. The average molecular weight is 651 g/mol. The second kappa shape index (κ2) is 11.9. The van der Waals surface area contributed by atoms with E-state index in [-0.39, 0.29) is 0 Å². The lowest BCUT2D eigenvalue weighted by molar-refractivity contribution is 1.08. The van der Waals surface area contributed by atoms with Crippen LogP contribution in [0, 0.1) is 0 Å². The van der Waals surface area contributed by atoms with Gasteiger partial charge in [0.05, 0.1) is 16.7 Å². The predicted molar refractivity (Wildman–Crippen MR) is 211 cm³/mol. The Morgan fingerprint density at radius 1 is 0.314 bits per heavy atom. The molecule has 0 saturated heterocycles. The van der Waals surface area contributed by atoms with E-state index in [2.05, 4.69) is 162 Å². The minimum atomic E-state index is 0.640. The molecule has 2 heterocycles. The fourth-order valence-electron chi connectivity index (χ4n) is 7.46. The van der Waals surface area contributed by atoms with Crippen molar-refractivity contribution >= 4 is 43.4 Å². The lowest BCUT2D eigenvalue weighted by atomic mass is 10.0. The van der Waals surface area contributed by atoms with Crippen LogP contribution in [0.5, 0.6) is 0 Å². The standard InChI is InChI=1S/C47H30N4/c1-3-13-31(14-4-1)32-23-25-35(26-24-32)46-48-45(34-16-5-2-6-17-34)49-47(50-46)39-28-30-42(38-20-10-9-19-37(38)39)51-41-22-12-11-21-40(41)44-36-18-8-7-15-33(36)27-29-43(44)51/h1-30H. The highest BCUT2D eigenvalue weighted by atomic mass is 15.0. The van der Waals surface area contributed by atoms with E-state index >= 15 is 0 Å². The van der Waals surface area contributed by atoms with E-state index in [1.807, 2.05) is 24.3 Å². The van der Waals surface area contributed by atoms with Gasteiger partial charge in [0.15, 0.2) is 17.5 Å². The van der Waals surface area contributed by atoms with Gasteiger partial charge >= 0.3 is 0 Å². The third-order valence-electron chi connectivity index (χ3n) is 9.86. The summed E-state index contributed by atoms with van der Waals surface area (Å²) in [6.07, 6.45) is 0. The normalized spacial score (nSPS) is 11.5. The van der Waals surface area contributed by atoms with Crippen molar-refractivity contribution in [3.05, 3.63) is 182 Å². The monoisotopic (exact) mass is 650 g/mol. The Kier molecular flexibility index (Phi) is 6.78. The zero-order valence-corrected chi connectivity index (χ0v) is 27.6. The van der Waals surface area contributed by atoms with E-state index in [0.29, 0.717) is 17.5 Å². The van der Waals surface area contributed by atoms with Crippen LogP contribution in [0.3, 0.4) is 0 Å². The number of rotatable bonds is 5. The summed E-state index contributed by atoms with van der Waals surface area (Å²) in [5, 5.41) is 7.21. The quantitative estimate of drug-likeness (QED) is 0.186. The Hall–Kier alpha value is -6.91. The third-order valence-corrected chi connectivity index (χ3v) is 9.86. The van der Waals surface area contributed by atoms with Crippen LogP contribution in [-0.2, 0) is 0 Å². The van der Waals surface area contributed by atoms with E-state index in [1.165, 1.54) is 38.1 Å². The summed E-state index contributed by atoms with van der Waals surface area (Å²) >= 11 is 0. The van der Waals surface area contributed by atoms with Crippen molar-refractivity contribution in [2.45, 2.75) is 0 Å². The SMILES string of the molecule is c1ccc(-c2ccc(-c3nc(-c4ccccc4)nc(-c4ccc(-n5c6ccccc6c6c7ccccc7ccc65)c5ccccc45)n3)cc2)cc1. The van der Waals surface area contributed by atoms with Gasteiger partial charge in [-0.25, -0.2) is 15.0 Å². The van der Waals surface area contributed by atoms with Crippen LogP contribution in [0.1, 0.15) is 0 Å². The molecule has 4 nitrogen and oxygen atoms in total. The molecule has 0 N–H and O–H groups in total. The summed E-state index contributed by atoms with van der Waals surface area (Å²) in [5.74, 6) is 1.92. The Labute approximate surface area is 295 Å². The summed E-state index contributed by atoms with van der Waals surface area (Å²) in [4.78, 5) is 15.3. The van der Waals surface area contributed by atoms with Gasteiger partial charge in [0.1, 0.15) is 0 Å². The molecule has 0 amide bonds. The molecule has 10 aromatic rings. The summed E-state index contributed by atoms with van der Waals surface area (Å²) < 4.78 is 2.41. The number of benzene rings is 8. The first-order valence-electron chi connectivity index (χ1n) is 17.2. The lowest BCUT2D eigenvalue weighted by Crippen LogP contribution is -2.01. The maximum Gasteiger partial charge on any atom is 0.164 e. The van der Waals surface area contributed by atoms with Crippen LogP contribution in [0.2, 0.25) is 0 Å². The highest BCUT2D eigenvalue weighted by molar-refractivity contribution is 6.22. The van der Waals surface area contributed by atoms with Crippen molar-refractivity contribution in [3.8, 4) is 51.0 Å². The Morgan fingerprint density at radius 3 is 1.59 bits per heavy atom. The molecule has 238 valence electrons. The van der Waals surface area contributed by atoms with Crippen molar-refractivity contribution in [1.29, 1.82) is 0 Å². The zero-order valence-electron chi connectivity index (χ0n) is 27.6. The summed E-state index contributed by atoms with van der Waals surface area (Å²) in [6.45, 7) is 0. The van der Waals surface area contributed by atoms with Gasteiger partial charge in [-0.3, -0.25) is 0 Å². The molecule has 0 radical (unpaired) electrons. The van der Waals surface area contributed by atoms with Crippen molar-refractivity contribution in [2.24, 2.45) is 0 Å². The van der Waals surface area contributed by atoms with Crippen molar-refractivity contribution in [3.63, 3.8) is 0 Å². The lowest BCUT2D eigenvalue weighted by Gasteiger charge is -2.15. The van der Waals surface area contributed by atoms with E-state index < -0.39 is 0 Å². The fourth-order valence-corrected chi connectivity index (χ4v) is 7.46. The molecule has 4 heteroatoms. The summed E-state index contributed by atoms with van der Waals surface area (Å²) in [6, 6.07) is 63.9. The first-order chi connectivity index (χ1) is 25.3. The molecule has 0 aliphatic heterocycles. The van der Waals surface area contributed by atoms with Crippen molar-refractivity contribution < 1.29 is 0 Å². The molecule has 0 fully saturated rings. The topological polar surface area (TPSA) is 43.6 Å². The average Bonchev–Trinajstić information content (AvgIpc) is 3.55. The molecule has 0 unspecified atom stereocenters. The van der Waals surface area contributed by atoms with E-state index in [1.54, 1.807) is 0 Å². The highest BCUT2D eigenvalue weighted by Crippen LogP contribution is 2.40. The van der Waals surface area contributed by atoms with E-state index in [9.17, 15) is 0 Å². The van der Waals surface area contributed by atoms with Gasteiger partial charge in [-0.05, 0) is 51.6 Å². The number of aromatic nitrogens is 4. The fraction of sp³-hybridized carbons (Fsp3) is 0. The van der Waals surface area contributed by atoms with Crippen LogP contribution in [0.4, 0.5) is 0 Å². The van der Waals surface area contributed by atoms with E-state index in [0.717, 1.165) is 38.7 Å². The molecule has 51 heavy (non-hydrogen) atoms. The molecule has 2 aromatic heterocycles. The smallest absolute Gasteiger partial charge is 0.164 e. The Morgan fingerprint density at radius 2 is 0.843 bits per heavy atom. The van der Waals surface area contributed by atoms with Gasteiger partial charge in [-0.15, -0.1) is 0 Å². The predicted octanol–water partition coefficient (Wildman–Crippen LogP) is 11.9. The van der Waals surface area contributed by atoms with Gasteiger partial charge in [0.25, 0.3) is 0 Å². The molecule has 0 saturated carbocycles. The number of fused-ring (bicyclic) bond motifs is 6. The van der Waals surface area contributed by atoms with Gasteiger partial charge in [-0.2, -0.15) is 0 Å². The maximum absolute atomic E-state index is 5.15.